The Morgan fingerprint density at radius 2 is 1.59 bits per heavy atom. The minimum absolute atomic E-state index is 0.565. The van der Waals surface area contributed by atoms with E-state index in [9.17, 15) is 10.0 Å². The van der Waals surface area contributed by atoms with Crippen LogP contribution in [0.2, 0.25) is 0 Å². The molecule has 0 fully saturated rings. The molecule has 4 heteroatoms. The van der Waals surface area contributed by atoms with Crippen LogP contribution in [0.4, 0.5) is 0 Å². The molecular formula is C13H12BBrO2. The summed E-state index contributed by atoms with van der Waals surface area (Å²) in [7, 11) is -1.42. The predicted octanol–water partition coefficient (Wildman–Crippen LogP) is 1.72. The molecule has 0 atom stereocenters. The first kappa shape index (κ1) is 12.4. The molecule has 2 N–H and O–H groups in total. The second-order valence-electron chi connectivity index (χ2n) is 3.88. The van der Waals surface area contributed by atoms with E-state index in [1.165, 1.54) is 0 Å². The van der Waals surface area contributed by atoms with Crippen molar-refractivity contribution in [2.45, 2.75) is 6.42 Å². The summed E-state index contributed by atoms with van der Waals surface area (Å²) in [6.45, 7) is 0. The highest BCUT2D eigenvalue weighted by molar-refractivity contribution is 9.10. The van der Waals surface area contributed by atoms with Gasteiger partial charge in [0.2, 0.25) is 0 Å². The molecule has 2 nitrogen and oxygen atoms in total. The minimum Gasteiger partial charge on any atom is -0.423 e. The lowest BCUT2D eigenvalue weighted by Gasteiger charge is -2.08. The van der Waals surface area contributed by atoms with E-state index in [0.29, 0.717) is 11.9 Å². The first-order chi connectivity index (χ1) is 8.16. The van der Waals surface area contributed by atoms with Crippen LogP contribution in [-0.4, -0.2) is 17.2 Å². The van der Waals surface area contributed by atoms with Gasteiger partial charge in [0.1, 0.15) is 0 Å². The van der Waals surface area contributed by atoms with Gasteiger partial charge in [-0.1, -0.05) is 52.3 Å². The largest absolute Gasteiger partial charge is 0.488 e. The molecule has 0 heterocycles. The molecular weight excluding hydrogens is 279 g/mol. The molecule has 0 radical (unpaired) electrons. The van der Waals surface area contributed by atoms with Gasteiger partial charge in [-0.3, -0.25) is 0 Å². The standard InChI is InChI=1S/C13H12BBrO2/c15-12-7-5-10(6-8-12)9-11-3-1-2-4-13(11)14(16)17/h1-8,16-17H,9H2. The molecule has 2 rings (SSSR count). The summed E-state index contributed by atoms with van der Waals surface area (Å²) in [4.78, 5) is 0. The summed E-state index contributed by atoms with van der Waals surface area (Å²) in [5.74, 6) is 0. The summed E-state index contributed by atoms with van der Waals surface area (Å²) in [6.07, 6.45) is 0.696. The van der Waals surface area contributed by atoms with Crippen LogP contribution in [0, 0.1) is 0 Å². The topological polar surface area (TPSA) is 40.5 Å². The molecule has 0 aliphatic carbocycles. The van der Waals surface area contributed by atoms with E-state index >= 15 is 0 Å². The summed E-state index contributed by atoms with van der Waals surface area (Å²) in [6, 6.07) is 15.4. The van der Waals surface area contributed by atoms with Gasteiger partial charge in [0.25, 0.3) is 0 Å². The van der Waals surface area contributed by atoms with E-state index in [0.717, 1.165) is 15.6 Å². The van der Waals surface area contributed by atoms with Gasteiger partial charge < -0.3 is 10.0 Å². The first-order valence-corrected chi connectivity index (χ1v) is 6.14. The lowest BCUT2D eigenvalue weighted by Crippen LogP contribution is -2.32. The Morgan fingerprint density at radius 3 is 2.24 bits per heavy atom. The van der Waals surface area contributed by atoms with Gasteiger partial charge in [0.05, 0.1) is 0 Å². The molecule has 0 spiro atoms. The minimum atomic E-state index is -1.42. The number of halogens is 1. The van der Waals surface area contributed by atoms with Gasteiger partial charge in [0.15, 0.2) is 0 Å². The van der Waals surface area contributed by atoms with Gasteiger partial charge >= 0.3 is 7.12 Å². The molecule has 2 aromatic carbocycles. The highest BCUT2D eigenvalue weighted by Crippen LogP contribution is 2.13. The third-order valence-electron chi connectivity index (χ3n) is 2.64. The molecule has 0 aliphatic heterocycles. The van der Waals surface area contributed by atoms with Crippen LogP contribution in [0.1, 0.15) is 11.1 Å². The van der Waals surface area contributed by atoms with Crippen LogP contribution >= 0.6 is 15.9 Å². The van der Waals surface area contributed by atoms with E-state index < -0.39 is 7.12 Å². The zero-order chi connectivity index (χ0) is 12.3. The molecule has 2 aromatic rings. The third kappa shape index (κ3) is 3.19. The van der Waals surface area contributed by atoms with E-state index in [1.807, 2.05) is 36.4 Å². The Bertz CT molecular complexity index is 497. The van der Waals surface area contributed by atoms with Gasteiger partial charge in [-0.25, -0.2) is 0 Å². The number of hydrogen-bond acceptors (Lipinski definition) is 2. The maximum absolute atomic E-state index is 9.27. The van der Waals surface area contributed by atoms with Crippen LogP contribution in [0.25, 0.3) is 0 Å². The van der Waals surface area contributed by atoms with Crippen molar-refractivity contribution in [2.24, 2.45) is 0 Å². The van der Waals surface area contributed by atoms with Crippen LogP contribution in [0.5, 0.6) is 0 Å². The van der Waals surface area contributed by atoms with E-state index in [2.05, 4.69) is 15.9 Å². The van der Waals surface area contributed by atoms with Crippen molar-refractivity contribution in [3.8, 4) is 0 Å². The Labute approximate surface area is 109 Å². The maximum Gasteiger partial charge on any atom is 0.488 e. The zero-order valence-electron chi connectivity index (χ0n) is 9.18. The zero-order valence-corrected chi connectivity index (χ0v) is 10.8. The Hall–Kier alpha value is -1.10. The molecule has 86 valence electrons. The SMILES string of the molecule is OB(O)c1ccccc1Cc1ccc(Br)cc1. The molecule has 0 unspecified atom stereocenters. The Balaban J connectivity index is 2.26. The molecule has 0 saturated heterocycles. The van der Waals surface area contributed by atoms with Gasteiger partial charge in [-0.05, 0) is 35.1 Å². The molecule has 0 amide bonds. The van der Waals surface area contributed by atoms with Gasteiger partial charge in [-0.15, -0.1) is 0 Å². The quantitative estimate of drug-likeness (QED) is 0.845. The van der Waals surface area contributed by atoms with Crippen molar-refractivity contribution in [1.82, 2.24) is 0 Å². The Kier molecular flexibility index (Phi) is 4.00. The number of benzene rings is 2. The van der Waals surface area contributed by atoms with Crippen LogP contribution in [-0.2, 0) is 6.42 Å². The summed E-state index contributed by atoms with van der Waals surface area (Å²) in [5, 5.41) is 18.5. The van der Waals surface area contributed by atoms with Gasteiger partial charge in [0, 0.05) is 4.47 Å². The summed E-state index contributed by atoms with van der Waals surface area (Å²) in [5.41, 5.74) is 2.64. The average molecular weight is 291 g/mol. The van der Waals surface area contributed by atoms with Crippen LogP contribution < -0.4 is 5.46 Å². The Morgan fingerprint density at radius 1 is 0.941 bits per heavy atom. The van der Waals surface area contributed by atoms with Crippen molar-refractivity contribution in [3.05, 3.63) is 64.1 Å². The smallest absolute Gasteiger partial charge is 0.423 e. The van der Waals surface area contributed by atoms with E-state index in [4.69, 9.17) is 0 Å². The molecule has 17 heavy (non-hydrogen) atoms. The van der Waals surface area contributed by atoms with E-state index in [1.54, 1.807) is 12.1 Å². The van der Waals surface area contributed by atoms with Crippen LogP contribution in [0.3, 0.4) is 0 Å². The highest BCUT2D eigenvalue weighted by Gasteiger charge is 2.14. The second kappa shape index (κ2) is 5.49. The lowest BCUT2D eigenvalue weighted by molar-refractivity contribution is 0.425. The number of hydrogen-bond donors (Lipinski definition) is 2. The molecule has 0 saturated carbocycles. The van der Waals surface area contributed by atoms with E-state index in [-0.39, 0.29) is 0 Å². The van der Waals surface area contributed by atoms with Crippen molar-refractivity contribution in [2.75, 3.05) is 0 Å². The highest BCUT2D eigenvalue weighted by atomic mass is 79.9. The lowest BCUT2D eigenvalue weighted by atomic mass is 9.76. The fourth-order valence-corrected chi connectivity index (χ4v) is 2.03. The summed E-state index contributed by atoms with van der Waals surface area (Å²) < 4.78 is 1.04. The maximum atomic E-state index is 9.27. The second-order valence-corrected chi connectivity index (χ2v) is 4.79. The predicted molar refractivity (Wildman–Crippen MR) is 73.2 cm³/mol. The van der Waals surface area contributed by atoms with Crippen molar-refractivity contribution < 1.29 is 10.0 Å². The van der Waals surface area contributed by atoms with Crippen molar-refractivity contribution in [1.29, 1.82) is 0 Å². The normalized spacial score (nSPS) is 10.3. The summed E-state index contributed by atoms with van der Waals surface area (Å²) >= 11 is 3.39. The molecule has 0 bridgehead atoms. The third-order valence-corrected chi connectivity index (χ3v) is 3.17. The van der Waals surface area contributed by atoms with Crippen LogP contribution in [0.15, 0.2) is 53.0 Å². The fourth-order valence-electron chi connectivity index (χ4n) is 1.77. The van der Waals surface area contributed by atoms with Crippen molar-refractivity contribution >= 4 is 28.5 Å². The van der Waals surface area contributed by atoms with Crippen molar-refractivity contribution in [3.63, 3.8) is 0 Å². The number of rotatable bonds is 3. The molecule has 0 aliphatic rings. The molecule has 0 aromatic heterocycles. The van der Waals surface area contributed by atoms with Gasteiger partial charge in [-0.2, -0.15) is 0 Å². The average Bonchev–Trinajstić information content (AvgIpc) is 2.32. The fraction of sp³-hybridized carbons (Fsp3) is 0.0769. The first-order valence-electron chi connectivity index (χ1n) is 5.35. The monoisotopic (exact) mass is 290 g/mol.